The number of hydrogen-bond donors (Lipinski definition) is 0. The molecule has 136 valence electrons. The molecule has 0 aliphatic carbocycles. The van der Waals surface area contributed by atoms with Crippen molar-refractivity contribution in [3.63, 3.8) is 0 Å². The van der Waals surface area contributed by atoms with Crippen molar-refractivity contribution in [3.05, 3.63) is 24.2 Å². The summed E-state index contributed by atoms with van der Waals surface area (Å²) in [4.78, 5) is 0. The minimum atomic E-state index is 0.446. The van der Waals surface area contributed by atoms with E-state index in [-0.39, 0.29) is 0 Å². The summed E-state index contributed by atoms with van der Waals surface area (Å²) in [6, 6.07) is 3.61. The van der Waals surface area contributed by atoms with E-state index in [1.807, 2.05) is 13.0 Å². The van der Waals surface area contributed by atoms with E-state index in [4.69, 9.17) is 4.42 Å². The fraction of sp³-hybridized carbons (Fsp3) is 0.765. The quantitative estimate of drug-likeness (QED) is 0.273. The topological polar surface area (TPSA) is 13.1 Å². The Labute approximate surface area is 157 Å². The fourth-order valence-corrected chi connectivity index (χ4v) is 4.34. The maximum atomic E-state index is 4.71. The van der Waals surface area contributed by atoms with Gasteiger partial charge in [-0.25, -0.2) is 0 Å². The summed E-state index contributed by atoms with van der Waals surface area (Å²) < 4.78 is 4.71. The number of furan rings is 1. The Kier molecular flexibility index (Phi) is 31.0. The molecule has 0 saturated heterocycles. The van der Waals surface area contributed by atoms with E-state index >= 15 is 0 Å². The average molecular weight is 548 g/mol. The Hall–Kier alpha value is 1.12. The summed E-state index contributed by atoms with van der Waals surface area (Å²) in [6.45, 7) is 15.6. The number of hydrogen-bond acceptors (Lipinski definition) is 1. The summed E-state index contributed by atoms with van der Waals surface area (Å²) in [7, 11) is 5.50. The van der Waals surface area contributed by atoms with Crippen molar-refractivity contribution in [2.75, 3.05) is 37.0 Å². The SMILES string of the molecule is CCP(CC)CC.CCP(CC)CC.Cc1cc[c-]o1.[Cl][Pt+]. The van der Waals surface area contributed by atoms with Crippen LogP contribution in [0.3, 0.4) is 0 Å². The second-order valence-electron chi connectivity index (χ2n) is 4.40. The van der Waals surface area contributed by atoms with Crippen LogP contribution in [0, 0.1) is 13.2 Å². The molecule has 0 amide bonds. The summed E-state index contributed by atoms with van der Waals surface area (Å²) >= 11 is 1.61. The van der Waals surface area contributed by atoms with Crippen molar-refractivity contribution in [1.82, 2.24) is 0 Å². The molecule has 1 aromatic heterocycles. The molecule has 0 radical (unpaired) electrons. The molecule has 0 aliphatic heterocycles. The molecule has 1 aromatic rings. The van der Waals surface area contributed by atoms with E-state index in [9.17, 15) is 0 Å². The van der Waals surface area contributed by atoms with Crippen molar-refractivity contribution in [3.8, 4) is 0 Å². The molecule has 5 heteroatoms. The number of aryl methyl sites for hydroxylation is 1. The van der Waals surface area contributed by atoms with Gasteiger partial charge in [-0.05, 0) is 43.2 Å². The standard InChI is InChI=1S/2C6H15P.C5H5O.ClH.Pt/c2*1-4-7(5-2)6-3;1-5-3-2-4-6-5;;/h2*4-6H2,1-3H3;2-3H,1H3;1H;/q;;-1;;+2/p-1. The van der Waals surface area contributed by atoms with Gasteiger partial charge in [-0.2, -0.15) is 6.07 Å². The van der Waals surface area contributed by atoms with Crippen LogP contribution >= 0.6 is 25.3 Å². The van der Waals surface area contributed by atoms with Gasteiger partial charge in [-0.3, -0.25) is 0 Å². The zero-order valence-electron chi connectivity index (χ0n) is 15.4. The van der Waals surface area contributed by atoms with Gasteiger partial charge in [0, 0.05) is 0 Å². The Morgan fingerprint density at radius 1 is 0.864 bits per heavy atom. The van der Waals surface area contributed by atoms with Crippen molar-refractivity contribution in [2.24, 2.45) is 0 Å². The van der Waals surface area contributed by atoms with Crippen LogP contribution in [-0.2, 0) is 18.8 Å². The van der Waals surface area contributed by atoms with E-state index in [0.29, 0.717) is 15.8 Å². The first-order chi connectivity index (χ1) is 10.6. The van der Waals surface area contributed by atoms with Gasteiger partial charge >= 0.3 is 28.2 Å². The van der Waals surface area contributed by atoms with Crippen LogP contribution in [0.5, 0.6) is 0 Å². The van der Waals surface area contributed by atoms with Crippen LogP contribution in [0.2, 0.25) is 0 Å². The van der Waals surface area contributed by atoms with Crippen LogP contribution in [0.25, 0.3) is 0 Å². The van der Waals surface area contributed by atoms with Crippen molar-refractivity contribution < 1.29 is 23.2 Å². The Bertz CT molecular complexity index is 241. The summed E-state index contributed by atoms with van der Waals surface area (Å²) in [5, 5.41) is 0. The third-order valence-electron chi connectivity index (χ3n) is 3.29. The van der Waals surface area contributed by atoms with Crippen LogP contribution in [0.4, 0.5) is 0 Å². The first-order valence-corrected chi connectivity index (χ1v) is 14.7. The third kappa shape index (κ3) is 21.1. The van der Waals surface area contributed by atoms with Gasteiger partial charge in [-0.15, -0.1) is 21.9 Å². The van der Waals surface area contributed by atoms with E-state index in [0.717, 1.165) is 5.76 Å². The van der Waals surface area contributed by atoms with Gasteiger partial charge in [-0.1, -0.05) is 54.2 Å². The second-order valence-corrected chi connectivity index (χ2v) is 10.9. The first-order valence-electron chi connectivity index (χ1n) is 8.08. The number of halogens is 1. The van der Waals surface area contributed by atoms with E-state index in [1.165, 1.54) is 37.0 Å². The zero-order valence-corrected chi connectivity index (χ0v) is 20.2. The molecule has 0 N–H and O–H groups in total. The molecule has 22 heavy (non-hydrogen) atoms. The normalized spacial score (nSPS) is 9.27. The third-order valence-corrected chi connectivity index (χ3v) is 8.66. The van der Waals surface area contributed by atoms with Gasteiger partial charge < -0.3 is 4.42 Å². The molecule has 0 atom stereocenters. The Morgan fingerprint density at radius 3 is 1.23 bits per heavy atom. The Morgan fingerprint density at radius 2 is 1.18 bits per heavy atom. The number of rotatable bonds is 6. The molecule has 0 fully saturated rings. The molecular weight excluding hydrogens is 513 g/mol. The van der Waals surface area contributed by atoms with Crippen LogP contribution in [0.1, 0.15) is 47.3 Å². The van der Waals surface area contributed by atoms with E-state index < -0.39 is 0 Å². The maximum absolute atomic E-state index is 4.71. The van der Waals surface area contributed by atoms with Crippen molar-refractivity contribution in [2.45, 2.75) is 48.5 Å². The van der Waals surface area contributed by atoms with Gasteiger partial charge in [0.2, 0.25) is 0 Å². The van der Waals surface area contributed by atoms with Crippen LogP contribution in [0.15, 0.2) is 16.5 Å². The molecule has 0 unspecified atom stereocenters. The van der Waals surface area contributed by atoms with Crippen LogP contribution < -0.4 is 0 Å². The molecule has 1 heterocycles. The van der Waals surface area contributed by atoms with Crippen molar-refractivity contribution >= 4 is 25.3 Å². The summed E-state index contributed by atoms with van der Waals surface area (Å²) in [5.74, 6) is 0.912. The summed E-state index contributed by atoms with van der Waals surface area (Å²) in [5.41, 5.74) is 0. The second kappa shape index (κ2) is 24.4. The Balaban J connectivity index is -0.000000233. The van der Waals surface area contributed by atoms with E-state index in [2.05, 4.69) is 57.2 Å². The fourth-order valence-electron chi connectivity index (χ4n) is 1.65. The van der Waals surface area contributed by atoms with Gasteiger partial charge in [0.25, 0.3) is 0 Å². The monoisotopic (exact) mass is 547 g/mol. The molecular formula is C17H35ClOP2Pt. The molecule has 0 aromatic carbocycles. The first kappa shape index (κ1) is 27.9. The predicted octanol–water partition coefficient (Wildman–Crippen LogP) is 7.13. The molecule has 0 aliphatic rings. The molecule has 0 spiro atoms. The minimum absolute atomic E-state index is 0.446. The molecule has 0 bridgehead atoms. The zero-order chi connectivity index (χ0) is 17.8. The van der Waals surface area contributed by atoms with Gasteiger partial charge in [0.05, 0.1) is 0 Å². The average Bonchev–Trinajstić information content (AvgIpc) is 3.05. The molecule has 0 saturated carbocycles. The van der Waals surface area contributed by atoms with Gasteiger partial charge in [0.1, 0.15) is 0 Å². The van der Waals surface area contributed by atoms with E-state index in [1.54, 1.807) is 24.8 Å². The van der Waals surface area contributed by atoms with Crippen molar-refractivity contribution in [1.29, 1.82) is 0 Å². The molecule has 1 nitrogen and oxygen atoms in total. The molecule has 1 rings (SSSR count). The van der Waals surface area contributed by atoms with Crippen LogP contribution in [-0.4, -0.2) is 37.0 Å². The van der Waals surface area contributed by atoms with Gasteiger partial charge in [0.15, 0.2) is 0 Å². The predicted molar refractivity (Wildman–Crippen MR) is 105 cm³/mol. The summed E-state index contributed by atoms with van der Waals surface area (Å²) in [6.07, 6.45) is 11.1.